The van der Waals surface area contributed by atoms with Gasteiger partial charge in [0.05, 0.1) is 4.90 Å². The van der Waals surface area contributed by atoms with E-state index in [9.17, 15) is 13.2 Å². The Morgan fingerprint density at radius 1 is 1.13 bits per heavy atom. The Morgan fingerprint density at radius 3 is 2.57 bits per heavy atom. The Balaban J connectivity index is 1.91. The van der Waals surface area contributed by atoms with E-state index in [0.29, 0.717) is 16.9 Å². The number of aromatic amines is 1. The van der Waals surface area contributed by atoms with Gasteiger partial charge in [0.1, 0.15) is 5.69 Å². The normalized spacial score (nSPS) is 11.6. The highest BCUT2D eigenvalue weighted by atomic mass is 32.2. The molecule has 1 amide bonds. The summed E-state index contributed by atoms with van der Waals surface area (Å²) >= 11 is 0. The number of benzene rings is 2. The molecule has 7 heteroatoms. The van der Waals surface area contributed by atoms with Gasteiger partial charge in [0.2, 0.25) is 10.0 Å². The van der Waals surface area contributed by atoms with Crippen molar-refractivity contribution in [2.24, 2.45) is 5.14 Å². The highest BCUT2D eigenvalue weighted by Gasteiger charge is 2.14. The van der Waals surface area contributed by atoms with Crippen molar-refractivity contribution in [1.29, 1.82) is 0 Å². The van der Waals surface area contributed by atoms with Crippen LogP contribution in [0.3, 0.4) is 0 Å². The number of hydrogen-bond donors (Lipinski definition) is 3. The molecule has 118 valence electrons. The molecule has 0 bridgehead atoms. The fourth-order valence-electron chi connectivity index (χ4n) is 2.38. The molecule has 0 saturated heterocycles. The summed E-state index contributed by atoms with van der Waals surface area (Å²) in [5.74, 6) is -0.356. The van der Waals surface area contributed by atoms with Crippen LogP contribution in [0, 0.1) is 6.92 Å². The zero-order valence-electron chi connectivity index (χ0n) is 12.3. The Morgan fingerprint density at radius 2 is 1.87 bits per heavy atom. The summed E-state index contributed by atoms with van der Waals surface area (Å²) in [6.45, 7) is 1.64. The van der Waals surface area contributed by atoms with Crippen LogP contribution in [0.4, 0.5) is 5.69 Å². The van der Waals surface area contributed by atoms with E-state index in [1.54, 1.807) is 25.1 Å². The van der Waals surface area contributed by atoms with Gasteiger partial charge in [0, 0.05) is 16.6 Å². The average molecular weight is 329 g/mol. The smallest absolute Gasteiger partial charge is 0.272 e. The number of sulfonamides is 1. The lowest BCUT2D eigenvalue weighted by Gasteiger charge is -2.08. The number of hydrogen-bond acceptors (Lipinski definition) is 3. The summed E-state index contributed by atoms with van der Waals surface area (Å²) in [7, 11) is -3.84. The maximum Gasteiger partial charge on any atom is 0.272 e. The number of para-hydroxylation sites is 1. The predicted octanol–water partition coefficient (Wildman–Crippen LogP) is 2.38. The van der Waals surface area contributed by atoms with Gasteiger partial charge in [-0.15, -0.1) is 0 Å². The number of primary sulfonamides is 1. The molecule has 3 aromatic rings. The van der Waals surface area contributed by atoms with E-state index >= 15 is 0 Å². The van der Waals surface area contributed by atoms with Crippen molar-refractivity contribution in [3.8, 4) is 0 Å². The molecule has 1 aromatic heterocycles. The van der Waals surface area contributed by atoms with Crippen LogP contribution in [0.25, 0.3) is 10.9 Å². The second kappa shape index (κ2) is 5.53. The first-order valence-electron chi connectivity index (χ1n) is 6.87. The number of fused-ring (bicyclic) bond motifs is 1. The van der Waals surface area contributed by atoms with Crippen molar-refractivity contribution in [3.63, 3.8) is 0 Å². The Hall–Kier alpha value is -2.64. The van der Waals surface area contributed by atoms with Crippen LogP contribution in [0.2, 0.25) is 0 Å². The number of aryl methyl sites for hydroxylation is 1. The lowest BCUT2D eigenvalue weighted by molar-refractivity contribution is 0.102. The van der Waals surface area contributed by atoms with E-state index < -0.39 is 10.0 Å². The third kappa shape index (κ3) is 3.10. The summed E-state index contributed by atoms with van der Waals surface area (Å²) in [5, 5.41) is 8.76. The highest BCUT2D eigenvalue weighted by molar-refractivity contribution is 7.89. The molecule has 23 heavy (non-hydrogen) atoms. The molecule has 1 heterocycles. The molecule has 0 saturated carbocycles. The number of amides is 1. The van der Waals surface area contributed by atoms with Crippen LogP contribution in [-0.2, 0) is 10.0 Å². The fourth-order valence-corrected chi connectivity index (χ4v) is 3.19. The molecule has 3 rings (SSSR count). The minimum Gasteiger partial charge on any atom is -0.351 e. The monoisotopic (exact) mass is 329 g/mol. The zero-order valence-corrected chi connectivity index (χ0v) is 13.1. The number of carbonyl (C=O) groups excluding carboxylic acids is 1. The summed E-state index contributed by atoms with van der Waals surface area (Å²) in [6, 6.07) is 13.8. The summed E-state index contributed by atoms with van der Waals surface area (Å²) < 4.78 is 23.1. The molecular weight excluding hydrogens is 314 g/mol. The summed E-state index contributed by atoms with van der Waals surface area (Å²) in [5.41, 5.74) is 2.13. The molecule has 4 N–H and O–H groups in total. The van der Waals surface area contributed by atoms with Crippen molar-refractivity contribution >= 4 is 32.5 Å². The molecule has 0 aliphatic heterocycles. The average Bonchev–Trinajstić information content (AvgIpc) is 2.92. The number of nitrogens with two attached hydrogens (primary N) is 1. The van der Waals surface area contributed by atoms with Gasteiger partial charge in [-0.1, -0.05) is 24.3 Å². The predicted molar refractivity (Wildman–Crippen MR) is 88.8 cm³/mol. The Labute approximate surface area is 133 Å². The molecule has 2 aromatic carbocycles. The van der Waals surface area contributed by atoms with Gasteiger partial charge in [-0.05, 0) is 36.8 Å². The largest absolute Gasteiger partial charge is 0.351 e. The number of aromatic nitrogens is 1. The maximum absolute atomic E-state index is 12.3. The molecule has 0 fully saturated rings. The molecule has 0 atom stereocenters. The van der Waals surface area contributed by atoms with E-state index in [-0.39, 0.29) is 10.8 Å². The van der Waals surface area contributed by atoms with Crippen LogP contribution >= 0.6 is 0 Å². The van der Waals surface area contributed by atoms with Gasteiger partial charge in [-0.2, -0.15) is 0 Å². The van der Waals surface area contributed by atoms with Crippen LogP contribution < -0.4 is 10.5 Å². The Bertz CT molecular complexity index is 973. The second-order valence-corrected chi connectivity index (χ2v) is 6.78. The minimum absolute atomic E-state index is 0.00746. The minimum atomic E-state index is -3.84. The lowest BCUT2D eigenvalue weighted by atomic mass is 10.2. The van der Waals surface area contributed by atoms with Crippen LogP contribution in [-0.4, -0.2) is 19.3 Å². The standard InChI is InChI=1S/C16H15N3O3S/c1-10-6-7-12(9-15(10)23(17,21)22)18-16(20)14-8-11-4-2-3-5-13(11)19-14/h2-9,19H,1H3,(H,18,20)(H2,17,21,22). The molecule has 0 aliphatic rings. The van der Waals surface area contributed by atoms with E-state index in [1.807, 2.05) is 24.3 Å². The zero-order chi connectivity index (χ0) is 16.6. The van der Waals surface area contributed by atoms with Crippen molar-refractivity contribution in [2.75, 3.05) is 5.32 Å². The topological polar surface area (TPSA) is 105 Å². The van der Waals surface area contributed by atoms with E-state index in [1.165, 1.54) is 6.07 Å². The SMILES string of the molecule is Cc1ccc(NC(=O)c2cc3ccccc3[nH]2)cc1S(N)(=O)=O. The third-order valence-corrected chi connectivity index (χ3v) is 4.58. The van der Waals surface area contributed by atoms with E-state index in [2.05, 4.69) is 10.3 Å². The van der Waals surface area contributed by atoms with Crippen molar-refractivity contribution < 1.29 is 13.2 Å². The number of nitrogens with one attached hydrogen (secondary N) is 2. The maximum atomic E-state index is 12.3. The summed E-state index contributed by atoms with van der Waals surface area (Å²) in [4.78, 5) is 15.3. The quantitative estimate of drug-likeness (QED) is 0.687. The lowest BCUT2D eigenvalue weighted by Crippen LogP contribution is -2.16. The van der Waals surface area contributed by atoms with Crippen molar-refractivity contribution in [2.45, 2.75) is 11.8 Å². The number of anilines is 1. The molecule has 0 unspecified atom stereocenters. The van der Waals surface area contributed by atoms with Crippen LogP contribution in [0.5, 0.6) is 0 Å². The number of H-pyrrole nitrogens is 1. The second-order valence-electron chi connectivity index (χ2n) is 5.25. The first-order chi connectivity index (χ1) is 10.8. The number of carbonyl (C=O) groups is 1. The third-order valence-electron chi connectivity index (χ3n) is 3.53. The number of rotatable bonds is 3. The molecule has 0 spiro atoms. The molecular formula is C16H15N3O3S. The van der Waals surface area contributed by atoms with E-state index in [0.717, 1.165) is 10.9 Å². The van der Waals surface area contributed by atoms with Crippen molar-refractivity contribution in [1.82, 2.24) is 4.98 Å². The van der Waals surface area contributed by atoms with Crippen LogP contribution in [0.15, 0.2) is 53.4 Å². The van der Waals surface area contributed by atoms with Crippen molar-refractivity contribution in [3.05, 3.63) is 59.8 Å². The fraction of sp³-hybridized carbons (Fsp3) is 0.0625. The van der Waals surface area contributed by atoms with Gasteiger partial charge in [0.15, 0.2) is 0 Å². The van der Waals surface area contributed by atoms with Gasteiger partial charge in [0.25, 0.3) is 5.91 Å². The first-order valence-corrected chi connectivity index (χ1v) is 8.42. The van der Waals surface area contributed by atoms with Gasteiger partial charge >= 0.3 is 0 Å². The molecule has 0 aliphatic carbocycles. The summed E-state index contributed by atoms with van der Waals surface area (Å²) in [6.07, 6.45) is 0. The van der Waals surface area contributed by atoms with Crippen LogP contribution in [0.1, 0.15) is 16.1 Å². The molecule has 6 nitrogen and oxygen atoms in total. The first kappa shape index (κ1) is 15.3. The van der Waals surface area contributed by atoms with Gasteiger partial charge < -0.3 is 10.3 Å². The van der Waals surface area contributed by atoms with Gasteiger partial charge in [-0.25, -0.2) is 13.6 Å². The Kier molecular flexibility index (Phi) is 3.67. The van der Waals surface area contributed by atoms with E-state index in [4.69, 9.17) is 5.14 Å². The van der Waals surface area contributed by atoms with Gasteiger partial charge in [-0.3, -0.25) is 4.79 Å². The molecule has 0 radical (unpaired) electrons. The highest BCUT2D eigenvalue weighted by Crippen LogP contribution is 2.20.